The van der Waals surface area contributed by atoms with Gasteiger partial charge in [0.25, 0.3) is 0 Å². The van der Waals surface area contributed by atoms with E-state index in [1.165, 1.54) is 44.9 Å². The average molecular weight is 253 g/mol. The Hall–Kier alpha value is -0.0800. The fourth-order valence-electron chi connectivity index (χ4n) is 4.23. The van der Waals surface area contributed by atoms with Gasteiger partial charge in [-0.15, -0.1) is 0 Å². The molecule has 4 unspecified atom stereocenters. The first-order valence-corrected chi connectivity index (χ1v) is 8.09. The molecule has 0 aromatic rings. The molecular weight excluding hydrogens is 222 g/mol. The first kappa shape index (κ1) is 14.3. The zero-order chi connectivity index (χ0) is 13.2. The number of hydrogen-bond acceptors (Lipinski definition) is 2. The molecule has 0 aromatic heterocycles. The molecule has 18 heavy (non-hydrogen) atoms. The maximum Gasteiger partial charge on any atom is 0.0664 e. The zero-order valence-corrected chi connectivity index (χ0v) is 12.5. The Balaban J connectivity index is 1.96. The van der Waals surface area contributed by atoms with Crippen LogP contribution in [0.25, 0.3) is 0 Å². The SMILES string of the molecule is CCC1CCCCC1OC1CC(N)C1(CC)CC. The van der Waals surface area contributed by atoms with Crippen LogP contribution >= 0.6 is 0 Å². The smallest absolute Gasteiger partial charge is 0.0664 e. The van der Waals surface area contributed by atoms with Gasteiger partial charge < -0.3 is 10.5 Å². The Kier molecular flexibility index (Phi) is 4.71. The molecule has 2 saturated carbocycles. The molecular formula is C16H31NO. The second kappa shape index (κ2) is 5.92. The fourth-order valence-corrected chi connectivity index (χ4v) is 4.23. The van der Waals surface area contributed by atoms with Crippen molar-refractivity contribution in [1.29, 1.82) is 0 Å². The van der Waals surface area contributed by atoms with Gasteiger partial charge in [-0.1, -0.05) is 40.0 Å². The second-order valence-electron chi connectivity index (χ2n) is 6.40. The lowest BCUT2D eigenvalue weighted by molar-refractivity contribution is -0.177. The van der Waals surface area contributed by atoms with Crippen LogP contribution in [0.1, 0.15) is 72.1 Å². The van der Waals surface area contributed by atoms with E-state index in [-0.39, 0.29) is 5.41 Å². The summed E-state index contributed by atoms with van der Waals surface area (Å²) in [7, 11) is 0. The molecule has 0 aromatic carbocycles. The van der Waals surface area contributed by atoms with Gasteiger partial charge in [-0.25, -0.2) is 0 Å². The fraction of sp³-hybridized carbons (Fsp3) is 1.00. The van der Waals surface area contributed by atoms with Crippen molar-refractivity contribution in [3.05, 3.63) is 0 Å². The first-order chi connectivity index (χ1) is 8.67. The summed E-state index contributed by atoms with van der Waals surface area (Å²) in [5, 5.41) is 0. The summed E-state index contributed by atoms with van der Waals surface area (Å²) >= 11 is 0. The number of nitrogens with two attached hydrogens (primary N) is 1. The molecule has 0 saturated heterocycles. The molecule has 2 fully saturated rings. The molecule has 2 rings (SSSR count). The van der Waals surface area contributed by atoms with Gasteiger partial charge in [0, 0.05) is 11.5 Å². The highest BCUT2D eigenvalue weighted by Crippen LogP contribution is 2.49. The predicted molar refractivity (Wildman–Crippen MR) is 76.5 cm³/mol. The van der Waals surface area contributed by atoms with Crippen molar-refractivity contribution in [1.82, 2.24) is 0 Å². The molecule has 2 N–H and O–H groups in total. The Morgan fingerprint density at radius 1 is 1.11 bits per heavy atom. The maximum absolute atomic E-state index is 6.52. The van der Waals surface area contributed by atoms with Crippen LogP contribution in [0.15, 0.2) is 0 Å². The lowest BCUT2D eigenvalue weighted by Crippen LogP contribution is -2.62. The molecule has 4 atom stereocenters. The molecule has 0 aliphatic heterocycles. The van der Waals surface area contributed by atoms with Gasteiger partial charge in [-0.2, -0.15) is 0 Å². The normalized spacial score (nSPS) is 39.3. The molecule has 0 bridgehead atoms. The minimum Gasteiger partial charge on any atom is -0.374 e. The van der Waals surface area contributed by atoms with Crippen molar-refractivity contribution >= 4 is 0 Å². The van der Waals surface area contributed by atoms with Crippen LogP contribution in [0.2, 0.25) is 0 Å². The summed E-state index contributed by atoms with van der Waals surface area (Å²) in [5.41, 5.74) is 6.53. The van der Waals surface area contributed by atoms with E-state index in [9.17, 15) is 0 Å². The van der Waals surface area contributed by atoms with E-state index in [2.05, 4.69) is 20.8 Å². The topological polar surface area (TPSA) is 35.2 Å². The summed E-state index contributed by atoms with van der Waals surface area (Å²) in [6, 6.07) is 0.362. The van der Waals surface area contributed by atoms with Crippen LogP contribution in [0.3, 0.4) is 0 Å². The van der Waals surface area contributed by atoms with Gasteiger partial charge in [0.2, 0.25) is 0 Å². The summed E-state index contributed by atoms with van der Waals surface area (Å²) in [5.74, 6) is 0.794. The monoisotopic (exact) mass is 253 g/mol. The quantitative estimate of drug-likeness (QED) is 0.807. The standard InChI is InChI=1S/C16H31NO/c1-4-12-9-7-8-10-13(12)18-15-11-14(17)16(15,5-2)6-3/h12-15H,4-11,17H2,1-3H3. The minimum atomic E-state index is 0.274. The van der Waals surface area contributed by atoms with Gasteiger partial charge in [-0.3, -0.25) is 0 Å². The van der Waals surface area contributed by atoms with Crippen molar-refractivity contribution in [3.8, 4) is 0 Å². The van der Waals surface area contributed by atoms with Crippen LogP contribution in [0, 0.1) is 11.3 Å². The Morgan fingerprint density at radius 2 is 1.78 bits per heavy atom. The van der Waals surface area contributed by atoms with Gasteiger partial charge in [-0.05, 0) is 38.0 Å². The zero-order valence-electron chi connectivity index (χ0n) is 12.5. The van der Waals surface area contributed by atoms with Crippen molar-refractivity contribution in [2.75, 3.05) is 0 Å². The highest BCUT2D eigenvalue weighted by Gasteiger charge is 2.52. The molecule has 106 valence electrons. The van der Waals surface area contributed by atoms with Crippen molar-refractivity contribution in [2.24, 2.45) is 17.1 Å². The van der Waals surface area contributed by atoms with Crippen molar-refractivity contribution in [3.63, 3.8) is 0 Å². The molecule has 2 nitrogen and oxygen atoms in total. The lowest BCUT2D eigenvalue weighted by Gasteiger charge is -2.55. The molecule has 0 radical (unpaired) electrons. The highest BCUT2D eigenvalue weighted by molar-refractivity contribution is 5.05. The third-order valence-corrected chi connectivity index (χ3v) is 5.87. The van der Waals surface area contributed by atoms with Crippen molar-refractivity contribution in [2.45, 2.75) is 90.4 Å². The Bertz CT molecular complexity index is 262. The Labute approximate surface area is 113 Å². The van der Waals surface area contributed by atoms with E-state index in [4.69, 9.17) is 10.5 Å². The third-order valence-electron chi connectivity index (χ3n) is 5.87. The predicted octanol–water partition coefficient (Wildman–Crippen LogP) is 3.88. The van der Waals surface area contributed by atoms with E-state index < -0.39 is 0 Å². The summed E-state index contributed by atoms with van der Waals surface area (Å²) in [6.45, 7) is 6.86. The average Bonchev–Trinajstić information content (AvgIpc) is 2.40. The molecule has 0 heterocycles. The summed E-state index contributed by atoms with van der Waals surface area (Å²) in [6.07, 6.45) is 11.0. The van der Waals surface area contributed by atoms with E-state index in [1.807, 2.05) is 0 Å². The van der Waals surface area contributed by atoms with Gasteiger partial charge in [0.05, 0.1) is 12.2 Å². The molecule has 2 aliphatic carbocycles. The van der Waals surface area contributed by atoms with Crippen LogP contribution in [0.5, 0.6) is 0 Å². The van der Waals surface area contributed by atoms with E-state index >= 15 is 0 Å². The van der Waals surface area contributed by atoms with Crippen LogP contribution in [-0.4, -0.2) is 18.2 Å². The molecule has 0 spiro atoms. The number of rotatable bonds is 5. The van der Waals surface area contributed by atoms with Crippen molar-refractivity contribution < 1.29 is 4.74 Å². The van der Waals surface area contributed by atoms with E-state index in [0.717, 1.165) is 12.3 Å². The van der Waals surface area contributed by atoms with E-state index in [1.54, 1.807) is 0 Å². The third kappa shape index (κ3) is 2.34. The number of ether oxygens (including phenoxy) is 1. The van der Waals surface area contributed by atoms with Crippen LogP contribution < -0.4 is 5.73 Å². The van der Waals surface area contributed by atoms with Crippen LogP contribution in [-0.2, 0) is 4.74 Å². The minimum absolute atomic E-state index is 0.274. The summed E-state index contributed by atoms with van der Waals surface area (Å²) in [4.78, 5) is 0. The largest absolute Gasteiger partial charge is 0.374 e. The Morgan fingerprint density at radius 3 is 2.33 bits per heavy atom. The first-order valence-electron chi connectivity index (χ1n) is 8.09. The van der Waals surface area contributed by atoms with Gasteiger partial charge in [0.1, 0.15) is 0 Å². The van der Waals surface area contributed by atoms with Gasteiger partial charge >= 0.3 is 0 Å². The van der Waals surface area contributed by atoms with Crippen LogP contribution in [0.4, 0.5) is 0 Å². The van der Waals surface area contributed by atoms with Gasteiger partial charge in [0.15, 0.2) is 0 Å². The second-order valence-corrected chi connectivity index (χ2v) is 6.40. The highest BCUT2D eigenvalue weighted by atomic mass is 16.5. The number of hydrogen-bond donors (Lipinski definition) is 1. The molecule has 2 heteroatoms. The maximum atomic E-state index is 6.52. The lowest BCUT2D eigenvalue weighted by atomic mass is 9.59. The van der Waals surface area contributed by atoms with E-state index in [0.29, 0.717) is 18.2 Å². The summed E-state index contributed by atoms with van der Waals surface area (Å²) < 4.78 is 6.52. The molecule has 0 amide bonds. The molecule has 2 aliphatic rings.